The second-order valence-corrected chi connectivity index (χ2v) is 9.36. The van der Waals surface area contributed by atoms with Gasteiger partial charge in [-0.05, 0) is 63.1 Å². The largest absolute Gasteiger partial charge is 0.315 e. The summed E-state index contributed by atoms with van der Waals surface area (Å²) in [5, 5.41) is 3.53. The first-order chi connectivity index (χ1) is 11.2. The molecular formula is C21H42N2O. The lowest BCUT2D eigenvalue weighted by molar-refractivity contribution is -0.135. The zero-order chi connectivity index (χ0) is 18.2. The topological polar surface area (TPSA) is 32.3 Å². The van der Waals surface area contributed by atoms with Gasteiger partial charge in [-0.15, -0.1) is 0 Å². The molecule has 1 saturated heterocycles. The number of hydrogen-bond donors (Lipinski definition) is 1. The molecule has 0 aliphatic carbocycles. The van der Waals surface area contributed by atoms with E-state index in [-0.39, 0.29) is 10.8 Å². The molecule has 1 aliphatic heterocycles. The summed E-state index contributed by atoms with van der Waals surface area (Å²) in [5.41, 5.74) is -0.174. The summed E-state index contributed by atoms with van der Waals surface area (Å²) in [7, 11) is 0. The van der Waals surface area contributed by atoms with Crippen molar-refractivity contribution in [3.05, 3.63) is 0 Å². The predicted molar refractivity (Wildman–Crippen MR) is 104 cm³/mol. The average Bonchev–Trinajstić information content (AvgIpc) is 2.97. The molecule has 24 heavy (non-hydrogen) atoms. The van der Waals surface area contributed by atoms with E-state index in [2.05, 4.69) is 51.8 Å². The molecule has 0 aromatic carbocycles. The van der Waals surface area contributed by atoms with Crippen molar-refractivity contribution in [2.75, 3.05) is 32.7 Å². The fourth-order valence-electron chi connectivity index (χ4n) is 3.83. The highest BCUT2D eigenvalue weighted by atomic mass is 16.1. The lowest BCUT2D eigenvalue weighted by Crippen LogP contribution is -2.41. The van der Waals surface area contributed by atoms with Gasteiger partial charge >= 0.3 is 0 Å². The minimum atomic E-state index is -0.204. The van der Waals surface area contributed by atoms with Crippen molar-refractivity contribution in [3.63, 3.8) is 0 Å². The average molecular weight is 339 g/mol. The predicted octanol–water partition coefficient (Wildman–Crippen LogP) is 4.51. The third-order valence-electron chi connectivity index (χ3n) is 5.90. The molecule has 0 amide bonds. The Morgan fingerprint density at radius 3 is 2.21 bits per heavy atom. The van der Waals surface area contributed by atoms with Crippen LogP contribution in [-0.4, -0.2) is 43.4 Å². The van der Waals surface area contributed by atoms with Crippen LogP contribution in [0.25, 0.3) is 0 Å². The van der Waals surface area contributed by atoms with Crippen LogP contribution in [0.15, 0.2) is 0 Å². The van der Waals surface area contributed by atoms with Crippen LogP contribution >= 0.6 is 0 Å². The highest BCUT2D eigenvalue weighted by molar-refractivity contribution is 5.85. The molecule has 0 radical (unpaired) electrons. The van der Waals surface area contributed by atoms with Crippen molar-refractivity contribution >= 4 is 5.78 Å². The number of unbranched alkanes of at least 4 members (excludes halogenated alkanes) is 1. The van der Waals surface area contributed by atoms with Crippen LogP contribution < -0.4 is 5.32 Å². The molecule has 0 aromatic heterocycles. The highest BCUT2D eigenvalue weighted by Gasteiger charge is 2.43. The number of carbonyl (C=O) groups is 1. The van der Waals surface area contributed by atoms with Gasteiger partial charge in [0.25, 0.3) is 0 Å². The Morgan fingerprint density at radius 2 is 1.67 bits per heavy atom. The van der Waals surface area contributed by atoms with E-state index >= 15 is 0 Å². The molecule has 1 heterocycles. The SMILES string of the molecule is CC(C)CC(C)(C(=O)CCCCNCCN1CCCC1)C(C)(C)C. The van der Waals surface area contributed by atoms with E-state index in [9.17, 15) is 4.79 Å². The first-order valence-electron chi connectivity index (χ1n) is 10.1. The van der Waals surface area contributed by atoms with Gasteiger partial charge in [-0.1, -0.05) is 41.5 Å². The van der Waals surface area contributed by atoms with Gasteiger partial charge in [-0.2, -0.15) is 0 Å². The van der Waals surface area contributed by atoms with E-state index in [1.54, 1.807) is 0 Å². The molecule has 0 saturated carbocycles. The first kappa shape index (κ1) is 21.6. The monoisotopic (exact) mass is 338 g/mol. The highest BCUT2D eigenvalue weighted by Crippen LogP contribution is 2.45. The standard InChI is InChI=1S/C21H42N2O/c1-18(2)17-21(6,20(3,4)5)19(24)11-7-8-12-22-13-16-23-14-9-10-15-23/h18,22H,7-17H2,1-6H3. The number of hydrogen-bond acceptors (Lipinski definition) is 3. The van der Waals surface area contributed by atoms with Crippen molar-refractivity contribution < 1.29 is 4.79 Å². The number of Topliss-reactive ketones (excluding diaryl/α,β-unsaturated/α-hetero) is 1. The first-order valence-corrected chi connectivity index (χ1v) is 10.1. The van der Waals surface area contributed by atoms with E-state index in [0.717, 1.165) is 38.8 Å². The molecular weight excluding hydrogens is 296 g/mol. The Bertz CT molecular complexity index is 367. The van der Waals surface area contributed by atoms with E-state index < -0.39 is 0 Å². The van der Waals surface area contributed by atoms with Gasteiger partial charge in [-0.25, -0.2) is 0 Å². The maximum atomic E-state index is 12.9. The lowest BCUT2D eigenvalue weighted by Gasteiger charge is -2.42. The van der Waals surface area contributed by atoms with E-state index in [1.807, 2.05) is 0 Å². The van der Waals surface area contributed by atoms with Gasteiger partial charge in [0.05, 0.1) is 0 Å². The quantitative estimate of drug-likeness (QED) is 0.563. The molecule has 1 atom stereocenters. The van der Waals surface area contributed by atoms with Gasteiger partial charge in [0, 0.05) is 24.9 Å². The van der Waals surface area contributed by atoms with Crippen molar-refractivity contribution in [2.45, 2.75) is 80.1 Å². The Hall–Kier alpha value is -0.410. The summed E-state index contributed by atoms with van der Waals surface area (Å²) in [6, 6.07) is 0. The van der Waals surface area contributed by atoms with Gasteiger partial charge in [-0.3, -0.25) is 4.79 Å². The smallest absolute Gasteiger partial charge is 0.139 e. The third kappa shape index (κ3) is 6.84. The van der Waals surface area contributed by atoms with Crippen LogP contribution in [0.3, 0.4) is 0 Å². The molecule has 3 nitrogen and oxygen atoms in total. The Labute approximate surface area is 151 Å². The van der Waals surface area contributed by atoms with Gasteiger partial charge in [0.1, 0.15) is 5.78 Å². The maximum absolute atomic E-state index is 12.9. The molecule has 1 N–H and O–H groups in total. The Balaban J connectivity index is 2.22. The maximum Gasteiger partial charge on any atom is 0.139 e. The minimum Gasteiger partial charge on any atom is -0.315 e. The number of carbonyl (C=O) groups excluding carboxylic acids is 1. The van der Waals surface area contributed by atoms with Crippen LogP contribution in [-0.2, 0) is 4.79 Å². The van der Waals surface area contributed by atoms with E-state index in [0.29, 0.717) is 11.7 Å². The van der Waals surface area contributed by atoms with E-state index in [4.69, 9.17) is 0 Å². The summed E-state index contributed by atoms with van der Waals surface area (Å²) in [5.74, 6) is 1.02. The summed E-state index contributed by atoms with van der Waals surface area (Å²) >= 11 is 0. The number of rotatable bonds is 11. The van der Waals surface area contributed by atoms with Crippen molar-refractivity contribution in [1.82, 2.24) is 10.2 Å². The normalized spacial score (nSPS) is 19.0. The summed E-state index contributed by atoms with van der Waals surface area (Å²) in [4.78, 5) is 15.4. The number of likely N-dealkylation sites (tertiary alicyclic amines) is 1. The zero-order valence-electron chi connectivity index (χ0n) is 17.2. The Kier molecular flexibility index (Phi) is 8.94. The summed E-state index contributed by atoms with van der Waals surface area (Å²) in [6.45, 7) is 19.1. The molecule has 3 heteroatoms. The molecule has 1 unspecified atom stereocenters. The molecule has 1 fully saturated rings. The fourth-order valence-corrected chi connectivity index (χ4v) is 3.83. The molecule has 0 bridgehead atoms. The minimum absolute atomic E-state index is 0.0301. The molecule has 0 spiro atoms. The second-order valence-electron chi connectivity index (χ2n) is 9.36. The number of nitrogens with one attached hydrogen (secondary N) is 1. The lowest BCUT2D eigenvalue weighted by atomic mass is 9.61. The zero-order valence-corrected chi connectivity index (χ0v) is 17.2. The summed E-state index contributed by atoms with van der Waals surface area (Å²) in [6.07, 6.45) is 6.57. The van der Waals surface area contributed by atoms with Crippen LogP contribution in [0, 0.1) is 16.7 Å². The van der Waals surface area contributed by atoms with Gasteiger partial charge in [0.15, 0.2) is 0 Å². The van der Waals surface area contributed by atoms with Crippen LogP contribution in [0.5, 0.6) is 0 Å². The molecule has 1 aliphatic rings. The Morgan fingerprint density at radius 1 is 1.04 bits per heavy atom. The van der Waals surface area contributed by atoms with Gasteiger partial charge < -0.3 is 10.2 Å². The molecule has 0 aromatic rings. The number of ketones is 1. The van der Waals surface area contributed by atoms with Crippen LogP contribution in [0.2, 0.25) is 0 Å². The second kappa shape index (κ2) is 9.91. The molecule has 142 valence electrons. The van der Waals surface area contributed by atoms with E-state index in [1.165, 1.54) is 32.5 Å². The number of nitrogens with zero attached hydrogens (tertiary/aromatic N) is 1. The summed E-state index contributed by atoms with van der Waals surface area (Å²) < 4.78 is 0. The fraction of sp³-hybridized carbons (Fsp3) is 0.952. The van der Waals surface area contributed by atoms with Crippen molar-refractivity contribution in [3.8, 4) is 0 Å². The molecule has 1 rings (SSSR count). The van der Waals surface area contributed by atoms with Crippen LogP contribution in [0.1, 0.15) is 80.1 Å². The van der Waals surface area contributed by atoms with Gasteiger partial charge in [0.2, 0.25) is 0 Å². The van der Waals surface area contributed by atoms with Crippen molar-refractivity contribution in [2.24, 2.45) is 16.7 Å². The van der Waals surface area contributed by atoms with Crippen LogP contribution in [0.4, 0.5) is 0 Å². The third-order valence-corrected chi connectivity index (χ3v) is 5.90. The van der Waals surface area contributed by atoms with Crippen molar-refractivity contribution in [1.29, 1.82) is 0 Å².